The smallest absolute Gasteiger partial charge is 0.416 e. The minimum Gasteiger partial charge on any atom is -0.481 e. The molecule has 8 heteroatoms. The van der Waals surface area contributed by atoms with E-state index in [0.717, 1.165) is 0 Å². The normalized spacial score (nSPS) is 21.6. The molecule has 1 heterocycles. The molecular weight excluding hydrogens is 231 g/mol. The van der Waals surface area contributed by atoms with Crippen LogP contribution in [0.5, 0.6) is 0 Å². The predicted octanol–water partition coefficient (Wildman–Crippen LogP) is 2.24. The van der Waals surface area contributed by atoms with Crippen LogP contribution in [0.3, 0.4) is 0 Å². The van der Waals surface area contributed by atoms with Gasteiger partial charge in [-0.2, -0.15) is 13.2 Å². The first-order chi connectivity index (χ1) is 7.37. The summed E-state index contributed by atoms with van der Waals surface area (Å²) in [6.07, 6.45) is -5.13. The lowest BCUT2D eigenvalue weighted by Crippen LogP contribution is -2.36. The molecule has 0 spiro atoms. The number of nitroso groups, excluding NO2 is 1. The van der Waals surface area contributed by atoms with Gasteiger partial charge in [0.15, 0.2) is 0 Å². The van der Waals surface area contributed by atoms with E-state index in [1.54, 1.807) is 0 Å². The number of hydrogen-bond acceptors (Lipinski definition) is 5. The molecule has 0 aromatic rings. The van der Waals surface area contributed by atoms with Crippen molar-refractivity contribution in [2.75, 3.05) is 13.2 Å². The van der Waals surface area contributed by atoms with E-state index in [1.807, 2.05) is 0 Å². The van der Waals surface area contributed by atoms with E-state index in [9.17, 15) is 18.1 Å². The summed E-state index contributed by atoms with van der Waals surface area (Å²) in [6.45, 7) is 0.288. The van der Waals surface area contributed by atoms with Gasteiger partial charge >= 0.3 is 6.18 Å². The van der Waals surface area contributed by atoms with Crippen molar-refractivity contribution in [3.63, 3.8) is 0 Å². The summed E-state index contributed by atoms with van der Waals surface area (Å²) in [5, 5.41) is 11.5. The fourth-order valence-corrected chi connectivity index (χ4v) is 1.27. The predicted molar refractivity (Wildman–Crippen MR) is 46.4 cm³/mol. The van der Waals surface area contributed by atoms with E-state index < -0.39 is 23.9 Å². The van der Waals surface area contributed by atoms with Crippen LogP contribution in [-0.4, -0.2) is 30.2 Å². The molecule has 1 aliphatic rings. The molecule has 92 valence electrons. The van der Waals surface area contributed by atoms with Crippen LogP contribution in [0.15, 0.2) is 17.2 Å². The average Bonchev–Trinajstić information content (AvgIpc) is 2.16. The number of ether oxygens (including phenoxy) is 2. The molecule has 0 saturated carbocycles. The topological polar surface area (TPSA) is 68.1 Å². The number of halogens is 3. The summed E-state index contributed by atoms with van der Waals surface area (Å²) in [7, 11) is 0. The molecule has 0 aromatic carbocycles. The van der Waals surface area contributed by atoms with Crippen molar-refractivity contribution < 1.29 is 27.8 Å². The maximum absolute atomic E-state index is 11.8. The molecule has 16 heavy (non-hydrogen) atoms. The molecular formula is C8H10F3NO4. The molecule has 1 saturated heterocycles. The second kappa shape index (κ2) is 4.69. The van der Waals surface area contributed by atoms with Crippen molar-refractivity contribution in [3.05, 3.63) is 16.9 Å². The van der Waals surface area contributed by atoms with Crippen molar-refractivity contribution in [3.8, 4) is 0 Å². The van der Waals surface area contributed by atoms with Crippen LogP contribution in [-0.2, 0) is 9.47 Å². The standard InChI is InChI=1S/C8H10F3NO4/c9-8(10,11)5-6(13)16-7(12-14)1-3-15-4-2-7/h5,13H,1-4H2/b6-5+. The van der Waals surface area contributed by atoms with E-state index >= 15 is 0 Å². The molecule has 0 bridgehead atoms. The zero-order chi connectivity index (χ0) is 12.2. The third-order valence-corrected chi connectivity index (χ3v) is 2.02. The summed E-state index contributed by atoms with van der Waals surface area (Å²) in [6, 6.07) is 0. The van der Waals surface area contributed by atoms with E-state index in [0.29, 0.717) is 0 Å². The molecule has 0 unspecified atom stereocenters. The minimum atomic E-state index is -4.71. The third-order valence-electron chi connectivity index (χ3n) is 2.02. The number of aliphatic hydroxyl groups excluding tert-OH is 1. The van der Waals surface area contributed by atoms with Gasteiger partial charge in [0.2, 0.25) is 5.72 Å². The third kappa shape index (κ3) is 3.69. The molecule has 0 radical (unpaired) electrons. The Morgan fingerprint density at radius 2 is 2.00 bits per heavy atom. The first kappa shape index (κ1) is 12.8. The van der Waals surface area contributed by atoms with Gasteiger partial charge in [0.25, 0.3) is 5.95 Å². The van der Waals surface area contributed by atoms with Crippen molar-refractivity contribution in [1.29, 1.82) is 0 Å². The van der Waals surface area contributed by atoms with Gasteiger partial charge in [0, 0.05) is 12.8 Å². The summed E-state index contributed by atoms with van der Waals surface area (Å²) in [5.74, 6) is -1.37. The van der Waals surface area contributed by atoms with Crippen LogP contribution in [0.2, 0.25) is 0 Å². The largest absolute Gasteiger partial charge is 0.481 e. The Morgan fingerprint density at radius 3 is 2.44 bits per heavy atom. The highest BCUT2D eigenvalue weighted by Crippen LogP contribution is 2.29. The van der Waals surface area contributed by atoms with Gasteiger partial charge in [-0.1, -0.05) is 0 Å². The quantitative estimate of drug-likeness (QED) is 0.607. The van der Waals surface area contributed by atoms with Crippen LogP contribution in [0.1, 0.15) is 12.8 Å². The molecule has 5 nitrogen and oxygen atoms in total. The molecule has 1 N–H and O–H groups in total. The fourth-order valence-electron chi connectivity index (χ4n) is 1.27. The Labute approximate surface area is 88.8 Å². The van der Waals surface area contributed by atoms with Gasteiger partial charge in [0.1, 0.15) is 0 Å². The first-order valence-corrected chi connectivity index (χ1v) is 4.47. The van der Waals surface area contributed by atoms with Crippen LogP contribution in [0, 0.1) is 4.91 Å². The fraction of sp³-hybridized carbons (Fsp3) is 0.750. The molecule has 1 fully saturated rings. The number of hydrogen-bond donors (Lipinski definition) is 1. The highest BCUT2D eigenvalue weighted by molar-refractivity contribution is 4.93. The van der Waals surface area contributed by atoms with E-state index in [-0.39, 0.29) is 26.1 Å². The average molecular weight is 241 g/mol. The molecule has 0 atom stereocenters. The Kier molecular flexibility index (Phi) is 3.74. The zero-order valence-electron chi connectivity index (χ0n) is 8.16. The highest BCUT2D eigenvalue weighted by Gasteiger charge is 2.38. The molecule has 0 aromatic heterocycles. The lowest BCUT2D eigenvalue weighted by atomic mass is 10.1. The molecule has 0 amide bonds. The second-order valence-electron chi connectivity index (χ2n) is 3.28. The van der Waals surface area contributed by atoms with Crippen molar-refractivity contribution in [1.82, 2.24) is 0 Å². The number of allylic oxidation sites excluding steroid dienone is 1. The van der Waals surface area contributed by atoms with Gasteiger partial charge in [-0.3, -0.25) is 0 Å². The monoisotopic (exact) mass is 241 g/mol. The van der Waals surface area contributed by atoms with Crippen LogP contribution >= 0.6 is 0 Å². The molecule has 1 rings (SSSR count). The van der Waals surface area contributed by atoms with Gasteiger partial charge in [-0.25, -0.2) is 0 Å². The van der Waals surface area contributed by atoms with Gasteiger partial charge in [-0.05, 0) is 5.18 Å². The number of alkyl halides is 3. The Balaban J connectivity index is 2.69. The SMILES string of the molecule is O=NC1(O/C(O)=C/C(F)(F)F)CCOCC1. The zero-order valence-corrected chi connectivity index (χ0v) is 8.16. The summed E-state index contributed by atoms with van der Waals surface area (Å²) >= 11 is 0. The van der Waals surface area contributed by atoms with Crippen LogP contribution in [0.4, 0.5) is 13.2 Å². The van der Waals surface area contributed by atoms with Crippen molar-refractivity contribution in [2.45, 2.75) is 24.7 Å². The summed E-state index contributed by atoms with van der Waals surface area (Å²) < 4.78 is 45.0. The summed E-state index contributed by atoms with van der Waals surface area (Å²) in [4.78, 5) is 10.5. The molecule has 0 aliphatic carbocycles. The second-order valence-corrected chi connectivity index (χ2v) is 3.28. The maximum atomic E-state index is 11.8. The van der Waals surface area contributed by atoms with Crippen LogP contribution in [0.25, 0.3) is 0 Å². The number of aliphatic hydroxyl groups is 1. The Bertz CT molecular complexity index is 283. The number of rotatable bonds is 3. The Morgan fingerprint density at radius 1 is 1.44 bits per heavy atom. The number of nitrogens with zero attached hydrogens (tertiary/aromatic N) is 1. The van der Waals surface area contributed by atoms with Crippen molar-refractivity contribution >= 4 is 0 Å². The Hall–Kier alpha value is -1.31. The van der Waals surface area contributed by atoms with Crippen molar-refractivity contribution in [2.24, 2.45) is 5.18 Å². The van der Waals surface area contributed by atoms with Gasteiger partial charge in [0.05, 0.1) is 19.3 Å². The first-order valence-electron chi connectivity index (χ1n) is 4.47. The highest BCUT2D eigenvalue weighted by atomic mass is 19.4. The lowest BCUT2D eigenvalue weighted by molar-refractivity contribution is -0.121. The van der Waals surface area contributed by atoms with Crippen LogP contribution < -0.4 is 0 Å². The van der Waals surface area contributed by atoms with Gasteiger partial charge < -0.3 is 14.6 Å². The minimum absolute atomic E-state index is 0.00621. The molecule has 1 aliphatic heterocycles. The maximum Gasteiger partial charge on any atom is 0.416 e. The lowest BCUT2D eigenvalue weighted by Gasteiger charge is -2.30. The van der Waals surface area contributed by atoms with E-state index in [1.165, 1.54) is 0 Å². The summed E-state index contributed by atoms with van der Waals surface area (Å²) in [5.41, 5.74) is -1.66. The van der Waals surface area contributed by atoms with E-state index in [2.05, 4.69) is 9.91 Å². The van der Waals surface area contributed by atoms with Gasteiger partial charge in [-0.15, -0.1) is 4.91 Å². The van der Waals surface area contributed by atoms with E-state index in [4.69, 9.17) is 9.84 Å².